The van der Waals surface area contributed by atoms with Gasteiger partial charge in [-0.15, -0.1) is 0 Å². The van der Waals surface area contributed by atoms with Crippen LogP contribution in [0.4, 0.5) is 0 Å². The summed E-state index contributed by atoms with van der Waals surface area (Å²) in [6, 6.07) is 5.43. The predicted octanol–water partition coefficient (Wildman–Crippen LogP) is 1.88. The van der Waals surface area contributed by atoms with Crippen molar-refractivity contribution < 1.29 is 14.6 Å². The zero-order chi connectivity index (χ0) is 15.9. The summed E-state index contributed by atoms with van der Waals surface area (Å²) in [6.07, 6.45) is 0.427. The third-order valence-electron chi connectivity index (χ3n) is 2.92. The third kappa shape index (κ3) is 5.58. The van der Waals surface area contributed by atoms with Crippen LogP contribution < -0.4 is 5.32 Å². The lowest BCUT2D eigenvalue weighted by Gasteiger charge is -2.25. The monoisotopic (exact) mass is 289 g/mol. The summed E-state index contributed by atoms with van der Waals surface area (Å²) in [5, 5.41) is 11.7. The predicted molar refractivity (Wildman–Crippen MR) is 83.2 cm³/mol. The number of carbonyl (C=O) groups excluding carboxylic acids is 1. The summed E-state index contributed by atoms with van der Waals surface area (Å²) < 4.78 is 5.09. The number of rotatable bonds is 5. The Balaban J connectivity index is 2.92. The number of carbonyl (C=O) groups is 1. The first-order valence-corrected chi connectivity index (χ1v) is 6.91. The van der Waals surface area contributed by atoms with Crippen molar-refractivity contribution in [3.8, 4) is 11.8 Å². The summed E-state index contributed by atoms with van der Waals surface area (Å²) in [5.74, 6) is 5.71. The van der Waals surface area contributed by atoms with Gasteiger partial charge in [0.25, 0.3) is 5.91 Å². The minimum Gasteiger partial charge on any atom is -0.395 e. The minimum absolute atomic E-state index is 0.0391. The summed E-state index contributed by atoms with van der Waals surface area (Å²) in [5.41, 5.74) is 1.95. The highest BCUT2D eigenvalue weighted by Gasteiger charge is 2.21. The van der Waals surface area contributed by atoms with Crippen LogP contribution >= 0.6 is 0 Å². The molecule has 1 rings (SSSR count). The quantitative estimate of drug-likeness (QED) is 0.814. The van der Waals surface area contributed by atoms with Crippen LogP contribution in [0.25, 0.3) is 0 Å². The molecule has 0 bridgehead atoms. The Labute approximate surface area is 126 Å². The molecule has 4 nitrogen and oxygen atoms in total. The Hall–Kier alpha value is -1.83. The lowest BCUT2D eigenvalue weighted by molar-refractivity contribution is 0.0820. The zero-order valence-corrected chi connectivity index (χ0v) is 13.1. The minimum atomic E-state index is -0.431. The Morgan fingerprint density at radius 3 is 2.76 bits per heavy atom. The fraction of sp³-hybridized carbons (Fsp3) is 0.471. The van der Waals surface area contributed by atoms with Gasteiger partial charge in [-0.25, -0.2) is 0 Å². The van der Waals surface area contributed by atoms with E-state index in [1.165, 1.54) is 0 Å². The van der Waals surface area contributed by atoms with E-state index < -0.39 is 5.54 Å². The second kappa shape index (κ2) is 7.82. The van der Waals surface area contributed by atoms with Crippen LogP contribution in [0.1, 0.15) is 41.8 Å². The second-order valence-corrected chi connectivity index (χ2v) is 5.58. The van der Waals surface area contributed by atoms with Gasteiger partial charge in [0.15, 0.2) is 0 Å². The molecule has 1 aromatic rings. The molecule has 0 radical (unpaired) electrons. The maximum absolute atomic E-state index is 12.3. The average molecular weight is 289 g/mol. The van der Waals surface area contributed by atoms with Gasteiger partial charge in [-0.1, -0.05) is 17.9 Å². The summed E-state index contributed by atoms with van der Waals surface area (Å²) in [7, 11) is 1.61. The molecule has 0 aliphatic heterocycles. The van der Waals surface area contributed by atoms with E-state index in [-0.39, 0.29) is 12.5 Å². The standard InChI is InChI=1S/C17H23NO3/c1-13-8-9-15(11-14(13)7-5-6-10-19)16(20)18-17(2,3)12-21-4/h8-9,11,19H,6,10,12H2,1-4H3,(H,18,20). The van der Waals surface area contributed by atoms with Crippen molar-refractivity contribution in [1.82, 2.24) is 5.32 Å². The molecule has 0 unspecified atom stereocenters. The van der Waals surface area contributed by atoms with Gasteiger partial charge in [0.05, 0.1) is 18.8 Å². The smallest absolute Gasteiger partial charge is 0.251 e. The first kappa shape index (κ1) is 17.2. The molecule has 1 aromatic carbocycles. The van der Waals surface area contributed by atoms with Gasteiger partial charge in [-0.2, -0.15) is 0 Å². The molecule has 1 amide bonds. The summed E-state index contributed by atoms with van der Waals surface area (Å²) >= 11 is 0. The topological polar surface area (TPSA) is 58.6 Å². The molecule has 4 heteroatoms. The van der Waals surface area contributed by atoms with E-state index in [1.54, 1.807) is 19.2 Å². The normalized spacial score (nSPS) is 10.7. The number of aliphatic hydroxyl groups is 1. The SMILES string of the molecule is COCC(C)(C)NC(=O)c1ccc(C)c(C#CCCO)c1. The maximum atomic E-state index is 12.3. The molecule has 2 N–H and O–H groups in total. The number of benzene rings is 1. The largest absolute Gasteiger partial charge is 0.395 e. The molecule has 0 aliphatic rings. The number of hydrogen-bond acceptors (Lipinski definition) is 3. The number of aliphatic hydroxyl groups excluding tert-OH is 1. The Kier molecular flexibility index (Phi) is 6.41. The van der Waals surface area contributed by atoms with Gasteiger partial charge in [0, 0.05) is 24.7 Å². The van der Waals surface area contributed by atoms with E-state index >= 15 is 0 Å². The van der Waals surface area contributed by atoms with Crippen molar-refractivity contribution in [2.75, 3.05) is 20.3 Å². The van der Waals surface area contributed by atoms with Crippen LogP contribution in [0, 0.1) is 18.8 Å². The van der Waals surface area contributed by atoms with Gasteiger partial charge >= 0.3 is 0 Å². The zero-order valence-electron chi connectivity index (χ0n) is 13.1. The molecule has 0 aliphatic carbocycles. The lowest BCUT2D eigenvalue weighted by atomic mass is 10.0. The molecular formula is C17H23NO3. The molecule has 0 heterocycles. The van der Waals surface area contributed by atoms with Gasteiger partial charge in [0.1, 0.15) is 0 Å². The van der Waals surface area contributed by atoms with E-state index in [0.717, 1.165) is 11.1 Å². The number of amides is 1. The molecule has 0 atom stereocenters. The fourth-order valence-electron chi connectivity index (χ4n) is 1.89. The number of methoxy groups -OCH3 is 1. The molecule has 114 valence electrons. The second-order valence-electron chi connectivity index (χ2n) is 5.58. The molecule has 0 fully saturated rings. The fourth-order valence-corrected chi connectivity index (χ4v) is 1.89. The number of hydrogen-bond donors (Lipinski definition) is 2. The van der Waals surface area contributed by atoms with E-state index in [2.05, 4.69) is 17.2 Å². The first-order chi connectivity index (χ1) is 9.89. The number of aryl methyl sites for hydroxylation is 1. The van der Waals surface area contributed by atoms with Crippen LogP contribution in [0.2, 0.25) is 0 Å². The number of ether oxygens (including phenoxy) is 1. The molecular weight excluding hydrogens is 266 g/mol. The summed E-state index contributed by atoms with van der Waals surface area (Å²) in [4.78, 5) is 12.3. The first-order valence-electron chi connectivity index (χ1n) is 6.91. The van der Waals surface area contributed by atoms with Crippen LogP contribution in [0.3, 0.4) is 0 Å². The van der Waals surface area contributed by atoms with E-state index in [4.69, 9.17) is 9.84 Å². The van der Waals surface area contributed by atoms with Crippen molar-refractivity contribution in [2.24, 2.45) is 0 Å². The van der Waals surface area contributed by atoms with Crippen molar-refractivity contribution >= 4 is 5.91 Å². The Morgan fingerprint density at radius 2 is 2.14 bits per heavy atom. The van der Waals surface area contributed by atoms with Crippen LogP contribution in [0.15, 0.2) is 18.2 Å². The summed E-state index contributed by atoms with van der Waals surface area (Å²) in [6.45, 7) is 6.24. The number of nitrogens with one attached hydrogen (secondary N) is 1. The highest BCUT2D eigenvalue weighted by Crippen LogP contribution is 2.12. The Morgan fingerprint density at radius 1 is 1.43 bits per heavy atom. The van der Waals surface area contributed by atoms with E-state index in [1.807, 2.05) is 26.8 Å². The molecule has 21 heavy (non-hydrogen) atoms. The van der Waals surface area contributed by atoms with Gasteiger partial charge < -0.3 is 15.2 Å². The maximum Gasteiger partial charge on any atom is 0.251 e. The van der Waals surface area contributed by atoms with Crippen molar-refractivity contribution in [3.63, 3.8) is 0 Å². The van der Waals surface area contributed by atoms with Gasteiger partial charge in [-0.05, 0) is 38.5 Å². The van der Waals surface area contributed by atoms with Crippen molar-refractivity contribution in [3.05, 3.63) is 34.9 Å². The lowest BCUT2D eigenvalue weighted by Crippen LogP contribution is -2.46. The highest BCUT2D eigenvalue weighted by molar-refractivity contribution is 5.95. The van der Waals surface area contributed by atoms with Gasteiger partial charge in [-0.3, -0.25) is 4.79 Å². The van der Waals surface area contributed by atoms with E-state index in [0.29, 0.717) is 18.6 Å². The molecule has 0 spiro atoms. The highest BCUT2D eigenvalue weighted by atomic mass is 16.5. The van der Waals surface area contributed by atoms with Crippen LogP contribution in [-0.2, 0) is 4.74 Å². The third-order valence-corrected chi connectivity index (χ3v) is 2.92. The molecule has 0 saturated carbocycles. The Bertz CT molecular complexity index is 553. The molecule has 0 saturated heterocycles. The van der Waals surface area contributed by atoms with Crippen LogP contribution in [0.5, 0.6) is 0 Å². The average Bonchev–Trinajstić information content (AvgIpc) is 2.40. The van der Waals surface area contributed by atoms with E-state index in [9.17, 15) is 4.79 Å². The van der Waals surface area contributed by atoms with Crippen LogP contribution in [-0.4, -0.2) is 36.9 Å². The molecule has 0 aromatic heterocycles. The van der Waals surface area contributed by atoms with Crippen molar-refractivity contribution in [2.45, 2.75) is 32.7 Å². The van der Waals surface area contributed by atoms with Gasteiger partial charge in [0.2, 0.25) is 0 Å². The van der Waals surface area contributed by atoms with Crippen molar-refractivity contribution in [1.29, 1.82) is 0 Å².